The van der Waals surface area contributed by atoms with E-state index in [1.54, 1.807) is 0 Å². The third kappa shape index (κ3) is 6.13. The molecule has 0 aromatic heterocycles. The topological polar surface area (TPSA) is 64.6 Å². The van der Waals surface area contributed by atoms with Crippen molar-refractivity contribution in [2.45, 2.75) is 32.1 Å². The second kappa shape index (κ2) is 9.76. The lowest BCUT2D eigenvalue weighted by Gasteiger charge is -2.13. The van der Waals surface area contributed by atoms with Crippen molar-refractivity contribution in [2.24, 2.45) is 0 Å². The zero-order valence-electron chi connectivity index (χ0n) is 15.4. The highest BCUT2D eigenvalue weighted by Crippen LogP contribution is 2.20. The first kappa shape index (κ1) is 19.0. The molecule has 0 aliphatic heterocycles. The van der Waals surface area contributed by atoms with Gasteiger partial charge in [-0.1, -0.05) is 42.0 Å². The van der Waals surface area contributed by atoms with Gasteiger partial charge in [-0.15, -0.1) is 0 Å². The van der Waals surface area contributed by atoms with Crippen LogP contribution < -0.4 is 10.1 Å². The number of fused-ring (bicyclic) bond motifs is 1. The molecular formula is C22H25NO4. The molecule has 1 aliphatic rings. The maximum Gasteiger partial charge on any atom is 0.344 e. The van der Waals surface area contributed by atoms with E-state index in [1.165, 1.54) is 18.4 Å². The Labute approximate surface area is 159 Å². The van der Waals surface area contributed by atoms with E-state index in [0.29, 0.717) is 12.3 Å². The van der Waals surface area contributed by atoms with Crippen molar-refractivity contribution in [2.75, 3.05) is 19.8 Å². The molecule has 0 saturated heterocycles. The van der Waals surface area contributed by atoms with Crippen molar-refractivity contribution in [3.8, 4) is 5.75 Å². The number of carbonyl (C=O) groups is 2. The molecule has 0 radical (unpaired) electrons. The molecule has 0 bridgehead atoms. The van der Waals surface area contributed by atoms with Crippen molar-refractivity contribution < 1.29 is 19.1 Å². The minimum atomic E-state index is -0.562. The number of benzene rings is 2. The van der Waals surface area contributed by atoms with Gasteiger partial charge in [0.05, 0.1) is 0 Å². The van der Waals surface area contributed by atoms with Gasteiger partial charge < -0.3 is 14.8 Å². The third-order valence-corrected chi connectivity index (χ3v) is 4.60. The molecule has 0 unspecified atom stereocenters. The normalized spacial score (nSPS) is 13.7. The van der Waals surface area contributed by atoms with Gasteiger partial charge in [0, 0.05) is 6.54 Å². The first-order chi connectivity index (χ1) is 13.2. The van der Waals surface area contributed by atoms with Gasteiger partial charge in [0.2, 0.25) is 0 Å². The predicted octanol–water partition coefficient (Wildman–Crippen LogP) is 3.77. The van der Waals surface area contributed by atoms with Crippen molar-refractivity contribution in [3.05, 3.63) is 54.1 Å². The summed E-state index contributed by atoms with van der Waals surface area (Å²) in [6.45, 7) is 0.0767. The van der Waals surface area contributed by atoms with Crippen molar-refractivity contribution in [1.82, 2.24) is 5.32 Å². The summed E-state index contributed by atoms with van der Waals surface area (Å²) in [5, 5.41) is 4.92. The number of nitrogens with one attached hydrogen (secondary N) is 1. The van der Waals surface area contributed by atoms with E-state index in [0.717, 1.165) is 30.0 Å². The second-order valence-corrected chi connectivity index (χ2v) is 6.67. The van der Waals surface area contributed by atoms with Crippen LogP contribution in [0.2, 0.25) is 0 Å². The molecule has 0 fully saturated rings. The van der Waals surface area contributed by atoms with E-state index in [-0.39, 0.29) is 19.1 Å². The van der Waals surface area contributed by atoms with Gasteiger partial charge in [0.15, 0.2) is 13.2 Å². The van der Waals surface area contributed by atoms with Crippen molar-refractivity contribution in [3.63, 3.8) is 0 Å². The fraction of sp³-hybridized carbons (Fsp3) is 0.364. The molecule has 5 heteroatoms. The lowest BCUT2D eigenvalue weighted by molar-refractivity contribution is -0.150. The molecular weight excluding hydrogens is 342 g/mol. The molecule has 0 spiro atoms. The first-order valence-corrected chi connectivity index (χ1v) is 9.42. The molecule has 1 aliphatic carbocycles. The van der Waals surface area contributed by atoms with Gasteiger partial charge in [-0.3, -0.25) is 4.79 Å². The van der Waals surface area contributed by atoms with Gasteiger partial charge in [-0.05, 0) is 55.0 Å². The highest BCUT2D eigenvalue weighted by molar-refractivity contribution is 5.84. The van der Waals surface area contributed by atoms with Gasteiger partial charge >= 0.3 is 5.97 Å². The van der Waals surface area contributed by atoms with Crippen molar-refractivity contribution in [1.29, 1.82) is 0 Å². The summed E-state index contributed by atoms with van der Waals surface area (Å²) < 4.78 is 10.4. The molecule has 142 valence electrons. The van der Waals surface area contributed by atoms with Gasteiger partial charge in [-0.25, -0.2) is 4.79 Å². The summed E-state index contributed by atoms with van der Waals surface area (Å²) in [7, 11) is 0. The molecule has 27 heavy (non-hydrogen) atoms. The molecule has 0 saturated carbocycles. The maximum absolute atomic E-state index is 11.8. The van der Waals surface area contributed by atoms with Crippen molar-refractivity contribution >= 4 is 22.6 Å². The number of rotatable bonds is 8. The van der Waals surface area contributed by atoms with Crippen LogP contribution in [-0.2, 0) is 14.3 Å². The first-order valence-electron chi connectivity index (χ1n) is 9.42. The molecule has 5 nitrogen and oxygen atoms in total. The number of allylic oxidation sites excluding steroid dienone is 1. The zero-order chi connectivity index (χ0) is 18.9. The van der Waals surface area contributed by atoms with Gasteiger partial charge in [0.1, 0.15) is 5.75 Å². The SMILES string of the molecule is O=C(COC(=O)COc1ccc2ccccc2c1)NCCC1=CCCCC1. The number of carbonyl (C=O) groups excluding carboxylic acids is 2. The summed E-state index contributed by atoms with van der Waals surface area (Å²) in [6.07, 6.45) is 7.88. The average Bonchev–Trinajstić information content (AvgIpc) is 2.71. The van der Waals surface area contributed by atoms with Crippen LogP contribution in [0.3, 0.4) is 0 Å². The Bertz CT molecular complexity index is 828. The average molecular weight is 367 g/mol. The van der Waals surface area contributed by atoms with Crippen LogP contribution in [0.15, 0.2) is 54.1 Å². The number of hydrogen-bond acceptors (Lipinski definition) is 4. The Kier molecular flexibility index (Phi) is 6.85. The Hall–Kier alpha value is -2.82. The molecule has 2 aromatic rings. The minimum Gasteiger partial charge on any atom is -0.482 e. The highest BCUT2D eigenvalue weighted by atomic mass is 16.6. The Morgan fingerprint density at radius 2 is 1.85 bits per heavy atom. The van der Waals surface area contributed by atoms with Crippen LogP contribution >= 0.6 is 0 Å². The number of ether oxygens (including phenoxy) is 2. The molecule has 1 amide bonds. The van der Waals surface area contributed by atoms with E-state index in [1.807, 2.05) is 42.5 Å². The Morgan fingerprint density at radius 3 is 2.67 bits per heavy atom. The largest absolute Gasteiger partial charge is 0.482 e. The van der Waals surface area contributed by atoms with E-state index in [4.69, 9.17) is 9.47 Å². The smallest absolute Gasteiger partial charge is 0.344 e. The summed E-state index contributed by atoms with van der Waals surface area (Å²) in [5.41, 5.74) is 1.40. The summed E-state index contributed by atoms with van der Waals surface area (Å²) in [5.74, 6) is -0.255. The van der Waals surface area contributed by atoms with E-state index < -0.39 is 5.97 Å². The van der Waals surface area contributed by atoms with E-state index in [2.05, 4.69) is 11.4 Å². The molecule has 2 aromatic carbocycles. The Balaban J connectivity index is 1.33. The fourth-order valence-corrected chi connectivity index (χ4v) is 3.13. The van der Waals surface area contributed by atoms with Crippen LogP contribution in [0, 0.1) is 0 Å². The second-order valence-electron chi connectivity index (χ2n) is 6.67. The minimum absolute atomic E-state index is 0.224. The maximum atomic E-state index is 11.8. The van der Waals surface area contributed by atoms with Crippen LogP contribution in [0.25, 0.3) is 10.8 Å². The highest BCUT2D eigenvalue weighted by Gasteiger charge is 2.09. The van der Waals surface area contributed by atoms with E-state index in [9.17, 15) is 9.59 Å². The van der Waals surface area contributed by atoms with E-state index >= 15 is 0 Å². The Morgan fingerprint density at radius 1 is 1.00 bits per heavy atom. The predicted molar refractivity (Wildman–Crippen MR) is 105 cm³/mol. The molecule has 3 rings (SSSR count). The third-order valence-electron chi connectivity index (χ3n) is 4.60. The molecule has 1 N–H and O–H groups in total. The summed E-state index contributed by atoms with van der Waals surface area (Å²) in [6, 6.07) is 13.5. The lowest BCUT2D eigenvalue weighted by Crippen LogP contribution is -2.30. The number of esters is 1. The molecule has 0 heterocycles. The number of hydrogen-bond donors (Lipinski definition) is 1. The monoisotopic (exact) mass is 367 g/mol. The molecule has 0 atom stereocenters. The van der Waals surface area contributed by atoms with Crippen LogP contribution in [0.1, 0.15) is 32.1 Å². The summed E-state index contributed by atoms with van der Waals surface area (Å²) >= 11 is 0. The van der Waals surface area contributed by atoms with Crippen LogP contribution in [-0.4, -0.2) is 31.6 Å². The standard InChI is InChI=1S/C22H25NO4/c24-21(23-13-12-17-6-2-1-3-7-17)15-27-22(25)16-26-20-11-10-18-8-4-5-9-19(18)14-20/h4-6,8-11,14H,1-3,7,12-13,15-16H2,(H,23,24). The van der Waals surface area contributed by atoms with Gasteiger partial charge in [-0.2, -0.15) is 0 Å². The van der Waals surface area contributed by atoms with Crippen LogP contribution in [0.5, 0.6) is 5.75 Å². The van der Waals surface area contributed by atoms with Crippen LogP contribution in [0.4, 0.5) is 0 Å². The summed E-state index contributed by atoms with van der Waals surface area (Å²) in [4.78, 5) is 23.5. The fourth-order valence-electron chi connectivity index (χ4n) is 3.13. The number of amides is 1. The van der Waals surface area contributed by atoms with Gasteiger partial charge in [0.25, 0.3) is 5.91 Å². The zero-order valence-corrected chi connectivity index (χ0v) is 15.4. The lowest BCUT2D eigenvalue weighted by atomic mass is 9.97. The quantitative estimate of drug-likeness (QED) is 0.570.